The van der Waals surface area contributed by atoms with Gasteiger partial charge in [0.25, 0.3) is 0 Å². The maximum Gasteiger partial charge on any atom is 0.140 e. The van der Waals surface area contributed by atoms with Crippen LogP contribution in [0.4, 0.5) is 0 Å². The smallest absolute Gasteiger partial charge is 0.140 e. The molecule has 2 atom stereocenters. The molecule has 0 radical (unpaired) electrons. The molecule has 0 amide bonds. The van der Waals surface area contributed by atoms with Gasteiger partial charge in [0.1, 0.15) is 6.10 Å². The number of hydrogen-bond acceptors (Lipinski definition) is 3. The number of rotatable bonds is 10. The first-order valence-corrected chi connectivity index (χ1v) is 8.20. The van der Waals surface area contributed by atoms with Crippen LogP contribution >= 0.6 is 0 Å². The van der Waals surface area contributed by atoms with Crippen molar-refractivity contribution >= 4 is 0 Å². The lowest BCUT2D eigenvalue weighted by Gasteiger charge is -2.19. The van der Waals surface area contributed by atoms with Crippen molar-refractivity contribution in [2.24, 2.45) is 0 Å². The molecular formula is C19H28O3. The third-order valence-electron chi connectivity index (χ3n) is 3.46. The molecule has 2 unspecified atom stereocenters. The zero-order valence-corrected chi connectivity index (χ0v) is 13.5. The van der Waals surface area contributed by atoms with Gasteiger partial charge in [0.05, 0.1) is 12.7 Å². The number of aliphatic hydroxyl groups excluding tert-OH is 2. The maximum absolute atomic E-state index is 10.2. The summed E-state index contributed by atoms with van der Waals surface area (Å²) in [5.41, 5.74) is 1.07. The first-order valence-electron chi connectivity index (χ1n) is 8.20. The Balaban J connectivity index is 2.47. The number of aliphatic hydroxyl groups is 2. The Morgan fingerprint density at radius 3 is 2.59 bits per heavy atom. The molecule has 1 aromatic carbocycles. The van der Waals surface area contributed by atoms with Crippen molar-refractivity contribution in [3.63, 3.8) is 0 Å². The summed E-state index contributed by atoms with van der Waals surface area (Å²) < 4.78 is 5.81. The predicted molar refractivity (Wildman–Crippen MR) is 89.3 cm³/mol. The van der Waals surface area contributed by atoms with Crippen LogP contribution in [0.25, 0.3) is 0 Å². The van der Waals surface area contributed by atoms with E-state index in [9.17, 15) is 5.11 Å². The van der Waals surface area contributed by atoms with Crippen LogP contribution in [-0.4, -0.2) is 29.0 Å². The summed E-state index contributed by atoms with van der Waals surface area (Å²) in [5, 5.41) is 19.2. The number of unbranched alkanes of at least 4 members (excludes halogenated alkanes) is 3. The highest BCUT2D eigenvalue weighted by Crippen LogP contribution is 2.11. The molecule has 0 aromatic heterocycles. The third kappa shape index (κ3) is 8.19. The SMILES string of the molecule is CCCCCC#CC(O)C(CCCO)OCc1ccccc1. The number of hydrogen-bond donors (Lipinski definition) is 2. The lowest BCUT2D eigenvalue weighted by molar-refractivity contribution is -0.0301. The summed E-state index contributed by atoms with van der Waals surface area (Å²) >= 11 is 0. The molecule has 22 heavy (non-hydrogen) atoms. The van der Waals surface area contributed by atoms with E-state index in [1.54, 1.807) is 0 Å². The Morgan fingerprint density at radius 1 is 1.14 bits per heavy atom. The summed E-state index contributed by atoms with van der Waals surface area (Å²) in [5.74, 6) is 5.92. The van der Waals surface area contributed by atoms with Gasteiger partial charge in [-0.3, -0.25) is 0 Å². The van der Waals surface area contributed by atoms with E-state index in [1.165, 1.54) is 12.8 Å². The van der Waals surface area contributed by atoms with Gasteiger partial charge < -0.3 is 14.9 Å². The topological polar surface area (TPSA) is 49.7 Å². The molecule has 1 rings (SSSR count). The molecule has 0 fully saturated rings. The monoisotopic (exact) mass is 304 g/mol. The molecule has 0 aliphatic carbocycles. The highest BCUT2D eigenvalue weighted by atomic mass is 16.5. The summed E-state index contributed by atoms with van der Waals surface area (Å²) in [6, 6.07) is 9.87. The third-order valence-corrected chi connectivity index (χ3v) is 3.46. The number of ether oxygens (including phenoxy) is 1. The number of benzene rings is 1. The van der Waals surface area contributed by atoms with E-state index < -0.39 is 6.10 Å². The Hall–Kier alpha value is -1.34. The Kier molecular flexibility index (Phi) is 10.4. The van der Waals surface area contributed by atoms with Crippen LogP contribution in [0.2, 0.25) is 0 Å². The van der Waals surface area contributed by atoms with E-state index in [0.29, 0.717) is 19.4 Å². The van der Waals surface area contributed by atoms with Gasteiger partial charge in [-0.15, -0.1) is 5.92 Å². The van der Waals surface area contributed by atoms with Crippen molar-refractivity contribution in [2.45, 2.75) is 64.3 Å². The van der Waals surface area contributed by atoms with E-state index in [-0.39, 0.29) is 12.7 Å². The molecule has 0 bridgehead atoms. The van der Waals surface area contributed by atoms with Gasteiger partial charge in [-0.25, -0.2) is 0 Å². The van der Waals surface area contributed by atoms with Crippen molar-refractivity contribution in [1.82, 2.24) is 0 Å². The van der Waals surface area contributed by atoms with Gasteiger partial charge in [0.15, 0.2) is 0 Å². The van der Waals surface area contributed by atoms with Crippen LogP contribution < -0.4 is 0 Å². The fourth-order valence-corrected chi connectivity index (χ4v) is 2.14. The molecule has 3 heteroatoms. The van der Waals surface area contributed by atoms with E-state index >= 15 is 0 Å². The minimum Gasteiger partial charge on any atom is -0.396 e. The molecule has 2 N–H and O–H groups in total. The van der Waals surface area contributed by atoms with Crippen molar-refractivity contribution in [3.05, 3.63) is 35.9 Å². The quantitative estimate of drug-likeness (QED) is 0.515. The van der Waals surface area contributed by atoms with Gasteiger partial charge in [-0.2, -0.15) is 0 Å². The van der Waals surface area contributed by atoms with Crippen LogP contribution in [-0.2, 0) is 11.3 Å². The van der Waals surface area contributed by atoms with Crippen molar-refractivity contribution in [1.29, 1.82) is 0 Å². The van der Waals surface area contributed by atoms with E-state index in [2.05, 4.69) is 18.8 Å². The van der Waals surface area contributed by atoms with Crippen LogP contribution in [0.1, 0.15) is 51.0 Å². The normalized spacial score (nSPS) is 13.2. The van der Waals surface area contributed by atoms with Gasteiger partial charge >= 0.3 is 0 Å². The highest BCUT2D eigenvalue weighted by molar-refractivity contribution is 5.13. The second kappa shape index (κ2) is 12.2. The van der Waals surface area contributed by atoms with Crippen LogP contribution in [0, 0.1) is 11.8 Å². The molecule has 0 saturated heterocycles. The van der Waals surface area contributed by atoms with Crippen LogP contribution in [0.5, 0.6) is 0 Å². The van der Waals surface area contributed by atoms with Gasteiger partial charge in [0, 0.05) is 13.0 Å². The minimum absolute atomic E-state index is 0.0991. The molecule has 0 spiro atoms. The molecule has 1 aromatic rings. The average molecular weight is 304 g/mol. The molecule has 0 saturated carbocycles. The second-order valence-corrected chi connectivity index (χ2v) is 5.42. The molecule has 0 aliphatic rings. The lowest BCUT2D eigenvalue weighted by atomic mass is 10.1. The van der Waals surface area contributed by atoms with Gasteiger partial charge in [0.2, 0.25) is 0 Å². The zero-order chi connectivity index (χ0) is 16.0. The maximum atomic E-state index is 10.2. The van der Waals surface area contributed by atoms with Gasteiger partial charge in [-0.05, 0) is 24.8 Å². The fourth-order valence-electron chi connectivity index (χ4n) is 2.14. The molecular weight excluding hydrogens is 276 g/mol. The average Bonchev–Trinajstić information content (AvgIpc) is 2.55. The van der Waals surface area contributed by atoms with Crippen LogP contribution in [0.15, 0.2) is 30.3 Å². The predicted octanol–water partition coefficient (Wildman–Crippen LogP) is 3.29. The van der Waals surface area contributed by atoms with Crippen LogP contribution in [0.3, 0.4) is 0 Å². The first-order chi connectivity index (χ1) is 10.8. The minimum atomic E-state index is -0.795. The van der Waals surface area contributed by atoms with E-state index in [4.69, 9.17) is 9.84 Å². The Bertz CT molecular complexity index is 433. The highest BCUT2D eigenvalue weighted by Gasteiger charge is 2.17. The standard InChI is InChI=1S/C19H28O3/c1-2-3-4-5-9-13-18(21)19(14-10-15-20)22-16-17-11-7-6-8-12-17/h6-8,11-12,18-21H,2-5,10,14-16H2,1H3. The first kappa shape index (κ1) is 18.7. The Morgan fingerprint density at radius 2 is 1.91 bits per heavy atom. The summed E-state index contributed by atoms with van der Waals surface area (Å²) in [6.07, 6.45) is 4.29. The molecule has 0 heterocycles. The summed E-state index contributed by atoms with van der Waals surface area (Å²) in [6.45, 7) is 2.71. The van der Waals surface area contributed by atoms with E-state index in [0.717, 1.165) is 18.4 Å². The fraction of sp³-hybridized carbons (Fsp3) is 0.579. The second-order valence-electron chi connectivity index (χ2n) is 5.42. The van der Waals surface area contributed by atoms with Gasteiger partial charge in [-0.1, -0.05) is 56.0 Å². The summed E-state index contributed by atoms with van der Waals surface area (Å²) in [7, 11) is 0. The lowest BCUT2D eigenvalue weighted by Crippen LogP contribution is -2.28. The van der Waals surface area contributed by atoms with Crippen molar-refractivity contribution < 1.29 is 14.9 Å². The van der Waals surface area contributed by atoms with Crippen molar-refractivity contribution in [2.75, 3.05) is 6.61 Å². The van der Waals surface area contributed by atoms with Crippen molar-refractivity contribution in [3.8, 4) is 11.8 Å². The van der Waals surface area contributed by atoms with E-state index in [1.807, 2.05) is 30.3 Å². The molecule has 3 nitrogen and oxygen atoms in total. The summed E-state index contributed by atoms with van der Waals surface area (Å²) in [4.78, 5) is 0. The Labute approximate surface area is 134 Å². The zero-order valence-electron chi connectivity index (χ0n) is 13.5. The molecule has 0 aliphatic heterocycles. The molecule has 122 valence electrons. The largest absolute Gasteiger partial charge is 0.396 e.